The third kappa shape index (κ3) is 3.16. The van der Waals surface area contributed by atoms with E-state index < -0.39 is 0 Å². The summed E-state index contributed by atoms with van der Waals surface area (Å²) < 4.78 is 2.07. The van der Waals surface area contributed by atoms with Gasteiger partial charge in [-0.25, -0.2) is 9.97 Å². The van der Waals surface area contributed by atoms with Crippen molar-refractivity contribution in [1.29, 1.82) is 0 Å². The normalized spacial score (nSPS) is 15.7. The van der Waals surface area contributed by atoms with Gasteiger partial charge in [-0.3, -0.25) is 4.90 Å². The number of para-hydroxylation sites is 2. The summed E-state index contributed by atoms with van der Waals surface area (Å²) in [5.74, 6) is 1.76. The molecule has 1 saturated heterocycles. The first kappa shape index (κ1) is 17.3. The van der Waals surface area contributed by atoms with E-state index in [-0.39, 0.29) is 6.61 Å². The Bertz CT molecular complexity index is 917. The molecule has 1 aliphatic heterocycles. The third-order valence-corrected chi connectivity index (χ3v) is 5.28. The van der Waals surface area contributed by atoms with Crippen molar-refractivity contribution in [2.75, 3.05) is 44.2 Å². The number of benzene rings is 1. The molecule has 136 valence electrons. The fourth-order valence-electron chi connectivity index (χ4n) is 3.50. The molecule has 1 aliphatic rings. The second-order valence-corrected chi connectivity index (χ2v) is 6.96. The molecule has 1 fully saturated rings. The number of fused-ring (bicyclic) bond motifs is 1. The third-order valence-electron chi connectivity index (χ3n) is 4.98. The van der Waals surface area contributed by atoms with Crippen molar-refractivity contribution in [2.24, 2.45) is 7.05 Å². The Kier molecular flexibility index (Phi) is 4.80. The Morgan fingerprint density at radius 2 is 1.92 bits per heavy atom. The Balaban J connectivity index is 1.65. The molecule has 0 aliphatic carbocycles. The van der Waals surface area contributed by atoms with E-state index in [4.69, 9.17) is 21.7 Å². The lowest BCUT2D eigenvalue weighted by Gasteiger charge is -2.35. The highest BCUT2D eigenvalue weighted by molar-refractivity contribution is 6.33. The number of aryl methyl sites for hydroxylation is 1. The summed E-state index contributed by atoms with van der Waals surface area (Å²) in [6.07, 6.45) is 1.71. The van der Waals surface area contributed by atoms with Crippen molar-refractivity contribution in [3.05, 3.63) is 41.6 Å². The standard InChI is InChI=1S/C19H22ClN5O/c1-23-17-5-3-2-4-16(17)22-19(23)14-12-18(21-13-15(14)20)25-8-6-24(7-9-25)10-11-26/h2-5,12-13,26H,6-11H2,1H3. The van der Waals surface area contributed by atoms with Gasteiger partial charge in [0.15, 0.2) is 0 Å². The number of anilines is 1. The molecule has 3 heterocycles. The van der Waals surface area contributed by atoms with Gasteiger partial charge >= 0.3 is 0 Å². The summed E-state index contributed by atoms with van der Waals surface area (Å²) in [5, 5.41) is 9.69. The average Bonchev–Trinajstić information content (AvgIpc) is 3.00. The van der Waals surface area contributed by atoms with Crippen molar-refractivity contribution in [1.82, 2.24) is 19.4 Å². The van der Waals surface area contributed by atoms with Gasteiger partial charge in [-0.1, -0.05) is 23.7 Å². The molecule has 0 atom stereocenters. The van der Waals surface area contributed by atoms with Crippen LogP contribution in [0.15, 0.2) is 36.5 Å². The quantitative estimate of drug-likeness (QED) is 0.763. The summed E-state index contributed by atoms with van der Waals surface area (Å²) in [5.41, 5.74) is 2.93. The number of nitrogens with zero attached hydrogens (tertiary/aromatic N) is 5. The van der Waals surface area contributed by atoms with E-state index in [0.29, 0.717) is 5.02 Å². The number of halogens is 1. The highest BCUT2D eigenvalue weighted by Gasteiger charge is 2.20. The molecule has 1 aromatic carbocycles. The van der Waals surface area contributed by atoms with Gasteiger partial charge in [-0.15, -0.1) is 0 Å². The zero-order valence-corrected chi connectivity index (χ0v) is 15.5. The number of β-amino-alcohol motifs (C(OH)–C–C–N with tert-alkyl or cyclic N) is 1. The summed E-state index contributed by atoms with van der Waals surface area (Å²) in [4.78, 5) is 13.8. The maximum atomic E-state index is 9.09. The predicted octanol–water partition coefficient (Wildman–Crippen LogP) is 2.40. The first-order valence-electron chi connectivity index (χ1n) is 8.83. The second kappa shape index (κ2) is 7.23. The Morgan fingerprint density at radius 3 is 2.65 bits per heavy atom. The first-order chi connectivity index (χ1) is 12.7. The molecular formula is C19H22ClN5O. The molecule has 0 radical (unpaired) electrons. The van der Waals surface area contributed by atoms with Crippen molar-refractivity contribution < 1.29 is 5.11 Å². The van der Waals surface area contributed by atoms with Crippen LogP contribution in [0.25, 0.3) is 22.4 Å². The number of piperazine rings is 1. The fourth-order valence-corrected chi connectivity index (χ4v) is 3.69. The molecule has 3 aromatic rings. The van der Waals surface area contributed by atoms with Crippen LogP contribution >= 0.6 is 11.6 Å². The molecular weight excluding hydrogens is 350 g/mol. The molecule has 0 saturated carbocycles. The summed E-state index contributed by atoms with van der Waals surface area (Å²) in [6, 6.07) is 10.1. The van der Waals surface area contributed by atoms with E-state index in [1.54, 1.807) is 6.20 Å². The van der Waals surface area contributed by atoms with Crippen LogP contribution in [0, 0.1) is 0 Å². The van der Waals surface area contributed by atoms with Crippen molar-refractivity contribution in [3.8, 4) is 11.4 Å². The number of pyridine rings is 1. The summed E-state index contributed by atoms with van der Waals surface area (Å²) in [7, 11) is 2.01. The maximum Gasteiger partial charge on any atom is 0.142 e. The number of aliphatic hydroxyl groups is 1. The molecule has 0 spiro atoms. The van der Waals surface area contributed by atoms with Gasteiger partial charge in [-0.05, 0) is 18.2 Å². The van der Waals surface area contributed by atoms with Gasteiger partial charge in [-0.2, -0.15) is 0 Å². The van der Waals surface area contributed by atoms with Crippen molar-refractivity contribution in [2.45, 2.75) is 0 Å². The van der Waals surface area contributed by atoms with E-state index in [0.717, 1.165) is 61.0 Å². The number of rotatable bonds is 4. The molecule has 0 unspecified atom stereocenters. The van der Waals surface area contributed by atoms with Gasteiger partial charge in [0.1, 0.15) is 11.6 Å². The first-order valence-corrected chi connectivity index (χ1v) is 9.20. The summed E-state index contributed by atoms with van der Waals surface area (Å²) in [6.45, 7) is 4.55. The van der Waals surface area contributed by atoms with E-state index in [1.807, 2.05) is 31.3 Å². The van der Waals surface area contributed by atoms with Gasteiger partial charge in [0.25, 0.3) is 0 Å². The molecule has 0 bridgehead atoms. The molecule has 1 N–H and O–H groups in total. The largest absolute Gasteiger partial charge is 0.395 e. The van der Waals surface area contributed by atoms with Crippen LogP contribution in [-0.4, -0.2) is 63.9 Å². The van der Waals surface area contributed by atoms with Crippen LogP contribution in [0.1, 0.15) is 0 Å². The van der Waals surface area contributed by atoms with Gasteiger partial charge in [0, 0.05) is 51.5 Å². The van der Waals surface area contributed by atoms with E-state index in [2.05, 4.69) is 25.4 Å². The maximum absolute atomic E-state index is 9.09. The van der Waals surface area contributed by atoms with Crippen LogP contribution in [0.2, 0.25) is 5.02 Å². The van der Waals surface area contributed by atoms with Crippen LogP contribution in [0.4, 0.5) is 5.82 Å². The van der Waals surface area contributed by atoms with E-state index >= 15 is 0 Å². The number of aromatic nitrogens is 3. The number of aliphatic hydroxyl groups excluding tert-OH is 1. The minimum Gasteiger partial charge on any atom is -0.395 e. The average molecular weight is 372 g/mol. The van der Waals surface area contributed by atoms with E-state index in [9.17, 15) is 0 Å². The number of hydrogen-bond donors (Lipinski definition) is 1. The van der Waals surface area contributed by atoms with Crippen molar-refractivity contribution in [3.63, 3.8) is 0 Å². The lowest BCUT2D eigenvalue weighted by Crippen LogP contribution is -2.47. The molecule has 26 heavy (non-hydrogen) atoms. The van der Waals surface area contributed by atoms with Crippen molar-refractivity contribution >= 4 is 28.5 Å². The topological polar surface area (TPSA) is 57.4 Å². The van der Waals surface area contributed by atoms with Crippen LogP contribution < -0.4 is 4.90 Å². The molecule has 0 amide bonds. The molecule has 7 heteroatoms. The highest BCUT2D eigenvalue weighted by Crippen LogP contribution is 2.31. The number of hydrogen-bond acceptors (Lipinski definition) is 5. The zero-order valence-electron chi connectivity index (χ0n) is 14.8. The van der Waals surface area contributed by atoms with Gasteiger partial charge in [0.2, 0.25) is 0 Å². The Hall–Kier alpha value is -2.15. The fraction of sp³-hybridized carbons (Fsp3) is 0.368. The molecule has 6 nitrogen and oxygen atoms in total. The minimum absolute atomic E-state index is 0.204. The SMILES string of the molecule is Cn1c(-c2cc(N3CCN(CCO)CC3)ncc2Cl)nc2ccccc21. The smallest absolute Gasteiger partial charge is 0.142 e. The highest BCUT2D eigenvalue weighted by atomic mass is 35.5. The monoisotopic (exact) mass is 371 g/mol. The van der Waals surface area contributed by atoms with Crippen LogP contribution in [-0.2, 0) is 7.05 Å². The lowest BCUT2D eigenvalue weighted by atomic mass is 10.2. The molecule has 4 rings (SSSR count). The Morgan fingerprint density at radius 1 is 1.15 bits per heavy atom. The van der Waals surface area contributed by atoms with Crippen LogP contribution in [0.5, 0.6) is 0 Å². The van der Waals surface area contributed by atoms with Gasteiger partial charge < -0.3 is 14.6 Å². The minimum atomic E-state index is 0.204. The number of imidazole rings is 1. The van der Waals surface area contributed by atoms with E-state index in [1.165, 1.54) is 0 Å². The zero-order chi connectivity index (χ0) is 18.1. The predicted molar refractivity (Wildman–Crippen MR) is 105 cm³/mol. The molecule has 2 aromatic heterocycles. The Labute approximate surface area is 157 Å². The lowest BCUT2D eigenvalue weighted by molar-refractivity contribution is 0.188. The summed E-state index contributed by atoms with van der Waals surface area (Å²) >= 11 is 6.46. The van der Waals surface area contributed by atoms with Crippen LogP contribution in [0.3, 0.4) is 0 Å². The van der Waals surface area contributed by atoms with Gasteiger partial charge in [0.05, 0.1) is 22.7 Å². The second-order valence-electron chi connectivity index (χ2n) is 6.56.